The predicted octanol–water partition coefficient (Wildman–Crippen LogP) is 2.65. The van der Waals surface area contributed by atoms with Gasteiger partial charge < -0.3 is 10.1 Å². The molecule has 0 saturated heterocycles. The number of aromatic nitrogens is 1. The lowest BCUT2D eigenvalue weighted by Gasteiger charge is -2.07. The number of hydrogen-bond donors (Lipinski definition) is 2. The molecule has 1 heterocycles. The van der Waals surface area contributed by atoms with E-state index in [1.165, 1.54) is 13.2 Å². The van der Waals surface area contributed by atoms with Gasteiger partial charge in [0.05, 0.1) is 12.7 Å². The second-order valence-corrected chi connectivity index (χ2v) is 4.02. The zero-order valence-electron chi connectivity index (χ0n) is 11.1. The molecule has 0 aliphatic heterocycles. The summed E-state index contributed by atoms with van der Waals surface area (Å²) in [6.07, 6.45) is 0.571. The topological polar surface area (TPSA) is 80.3 Å². The fourth-order valence-corrected chi connectivity index (χ4v) is 1.52. The lowest BCUT2D eigenvalue weighted by molar-refractivity contribution is 0.102. The molecule has 0 atom stereocenters. The highest BCUT2D eigenvalue weighted by molar-refractivity contribution is 6.04. The van der Waals surface area contributed by atoms with Crippen molar-refractivity contribution < 1.29 is 18.7 Å². The van der Waals surface area contributed by atoms with E-state index >= 15 is 0 Å². The number of anilines is 2. The summed E-state index contributed by atoms with van der Waals surface area (Å²) < 4.78 is 17.1. The van der Waals surface area contributed by atoms with Crippen LogP contribution >= 0.6 is 0 Å². The van der Waals surface area contributed by atoms with Crippen LogP contribution in [0.25, 0.3) is 0 Å². The molecule has 2 rings (SSSR count). The highest BCUT2D eigenvalue weighted by Crippen LogP contribution is 2.14. The molecule has 21 heavy (non-hydrogen) atoms. The molecule has 0 radical (unpaired) electrons. The maximum absolute atomic E-state index is 12.7. The van der Waals surface area contributed by atoms with Gasteiger partial charge in [-0.15, -0.1) is 0 Å². The molecular formula is C14H12FN3O3. The maximum Gasteiger partial charge on any atom is 0.411 e. The number of pyridine rings is 1. The SMILES string of the molecule is COC(=O)Nc1ccc(NC(=O)c2ccc(F)nc2)cc1. The van der Waals surface area contributed by atoms with Crippen LogP contribution in [0.5, 0.6) is 0 Å². The van der Waals surface area contributed by atoms with Crippen molar-refractivity contribution in [1.82, 2.24) is 4.98 Å². The van der Waals surface area contributed by atoms with Crippen LogP contribution in [-0.4, -0.2) is 24.1 Å². The summed E-state index contributed by atoms with van der Waals surface area (Å²) in [6, 6.07) is 8.88. The van der Waals surface area contributed by atoms with Gasteiger partial charge in [0.1, 0.15) is 0 Å². The predicted molar refractivity (Wildman–Crippen MR) is 74.6 cm³/mol. The molecule has 1 aromatic heterocycles. The normalized spacial score (nSPS) is 9.81. The number of carbonyl (C=O) groups is 2. The van der Waals surface area contributed by atoms with Crippen molar-refractivity contribution in [2.24, 2.45) is 0 Å². The van der Waals surface area contributed by atoms with Crippen LogP contribution in [0.15, 0.2) is 42.6 Å². The second kappa shape index (κ2) is 6.47. The standard InChI is InChI=1S/C14H12FN3O3/c1-21-14(20)18-11-5-3-10(4-6-11)17-13(19)9-2-7-12(15)16-8-9/h2-8H,1H3,(H,17,19)(H,18,20). The van der Waals surface area contributed by atoms with E-state index in [1.54, 1.807) is 24.3 Å². The number of benzene rings is 1. The fraction of sp³-hybridized carbons (Fsp3) is 0.0714. The van der Waals surface area contributed by atoms with Gasteiger partial charge in [-0.05, 0) is 36.4 Å². The summed E-state index contributed by atoms with van der Waals surface area (Å²) in [5.41, 5.74) is 1.30. The zero-order valence-corrected chi connectivity index (χ0v) is 11.1. The molecule has 108 valence electrons. The van der Waals surface area contributed by atoms with Crippen LogP contribution in [0.3, 0.4) is 0 Å². The van der Waals surface area contributed by atoms with Crippen LogP contribution in [-0.2, 0) is 4.74 Å². The van der Waals surface area contributed by atoms with E-state index in [0.717, 1.165) is 12.3 Å². The van der Waals surface area contributed by atoms with Crippen molar-refractivity contribution in [3.63, 3.8) is 0 Å². The van der Waals surface area contributed by atoms with Crippen molar-refractivity contribution in [3.05, 3.63) is 54.1 Å². The third-order valence-corrected chi connectivity index (χ3v) is 2.56. The average molecular weight is 289 g/mol. The Labute approximate surface area is 120 Å². The number of carbonyl (C=O) groups excluding carboxylic acids is 2. The van der Waals surface area contributed by atoms with Crippen molar-refractivity contribution in [3.8, 4) is 0 Å². The first-order valence-electron chi connectivity index (χ1n) is 5.96. The maximum atomic E-state index is 12.7. The van der Waals surface area contributed by atoms with Gasteiger partial charge in [-0.2, -0.15) is 4.39 Å². The number of amides is 2. The molecule has 7 heteroatoms. The molecule has 1 aromatic carbocycles. The number of hydrogen-bond acceptors (Lipinski definition) is 4. The van der Waals surface area contributed by atoms with Crippen molar-refractivity contribution in [1.29, 1.82) is 0 Å². The number of nitrogens with one attached hydrogen (secondary N) is 2. The third kappa shape index (κ3) is 4.00. The van der Waals surface area contributed by atoms with E-state index in [9.17, 15) is 14.0 Å². The van der Waals surface area contributed by atoms with Crippen molar-refractivity contribution in [2.45, 2.75) is 0 Å². The molecule has 2 N–H and O–H groups in total. The molecular weight excluding hydrogens is 277 g/mol. The van der Waals surface area contributed by atoms with Crippen LogP contribution in [0.2, 0.25) is 0 Å². The number of methoxy groups -OCH3 is 1. The van der Waals surface area contributed by atoms with Crippen molar-refractivity contribution >= 4 is 23.4 Å². The monoisotopic (exact) mass is 289 g/mol. The zero-order chi connectivity index (χ0) is 15.2. The number of halogens is 1. The van der Waals surface area contributed by atoms with Crippen LogP contribution in [0.4, 0.5) is 20.6 Å². The molecule has 0 saturated carbocycles. The number of nitrogens with zero attached hydrogens (tertiary/aromatic N) is 1. The Bertz CT molecular complexity index is 642. The van der Waals surface area contributed by atoms with E-state index in [0.29, 0.717) is 11.4 Å². The molecule has 0 aliphatic rings. The lowest BCUT2D eigenvalue weighted by Crippen LogP contribution is -2.13. The van der Waals surface area contributed by atoms with E-state index in [4.69, 9.17) is 0 Å². The van der Waals surface area contributed by atoms with Gasteiger partial charge in [-0.1, -0.05) is 0 Å². The average Bonchev–Trinajstić information content (AvgIpc) is 2.49. The van der Waals surface area contributed by atoms with Gasteiger partial charge in [-0.3, -0.25) is 10.1 Å². The summed E-state index contributed by atoms with van der Waals surface area (Å²) in [6.45, 7) is 0. The molecule has 0 bridgehead atoms. The van der Waals surface area contributed by atoms with E-state index in [2.05, 4.69) is 20.4 Å². The smallest absolute Gasteiger partial charge is 0.411 e. The van der Waals surface area contributed by atoms with Gasteiger partial charge in [0, 0.05) is 17.6 Å². The van der Waals surface area contributed by atoms with Crippen LogP contribution in [0, 0.1) is 5.95 Å². The molecule has 0 aliphatic carbocycles. The van der Waals surface area contributed by atoms with Gasteiger partial charge in [-0.25, -0.2) is 9.78 Å². The minimum Gasteiger partial charge on any atom is -0.453 e. The highest BCUT2D eigenvalue weighted by Gasteiger charge is 2.07. The quantitative estimate of drug-likeness (QED) is 0.851. The Kier molecular flexibility index (Phi) is 4.45. The molecule has 2 aromatic rings. The summed E-state index contributed by atoms with van der Waals surface area (Å²) in [7, 11) is 1.26. The van der Waals surface area contributed by atoms with Gasteiger partial charge >= 0.3 is 6.09 Å². The first-order chi connectivity index (χ1) is 10.1. The third-order valence-electron chi connectivity index (χ3n) is 2.56. The molecule has 0 fully saturated rings. The fourth-order valence-electron chi connectivity index (χ4n) is 1.52. The lowest BCUT2D eigenvalue weighted by atomic mass is 10.2. The van der Waals surface area contributed by atoms with Gasteiger partial charge in [0.15, 0.2) is 0 Å². The van der Waals surface area contributed by atoms with Crippen molar-refractivity contribution in [2.75, 3.05) is 17.7 Å². The Morgan fingerprint density at radius 2 is 1.67 bits per heavy atom. The highest BCUT2D eigenvalue weighted by atomic mass is 19.1. The Balaban J connectivity index is 2.01. The largest absolute Gasteiger partial charge is 0.453 e. The van der Waals surface area contributed by atoms with Crippen LogP contribution < -0.4 is 10.6 Å². The number of rotatable bonds is 3. The minimum absolute atomic E-state index is 0.244. The van der Waals surface area contributed by atoms with Gasteiger partial charge in [0.2, 0.25) is 5.95 Å². The summed E-state index contributed by atoms with van der Waals surface area (Å²) in [4.78, 5) is 26.3. The summed E-state index contributed by atoms with van der Waals surface area (Å²) in [5.74, 6) is -1.05. The Hall–Kier alpha value is -2.96. The van der Waals surface area contributed by atoms with Crippen LogP contribution in [0.1, 0.15) is 10.4 Å². The molecule has 2 amide bonds. The van der Waals surface area contributed by atoms with E-state index in [-0.39, 0.29) is 5.56 Å². The molecule has 6 nitrogen and oxygen atoms in total. The Morgan fingerprint density at radius 1 is 1.05 bits per heavy atom. The number of ether oxygens (including phenoxy) is 1. The second-order valence-electron chi connectivity index (χ2n) is 4.02. The first-order valence-corrected chi connectivity index (χ1v) is 5.96. The van der Waals surface area contributed by atoms with E-state index < -0.39 is 17.9 Å². The molecule has 0 unspecified atom stereocenters. The first kappa shape index (κ1) is 14.4. The van der Waals surface area contributed by atoms with Gasteiger partial charge in [0.25, 0.3) is 5.91 Å². The summed E-state index contributed by atoms with van der Waals surface area (Å²) >= 11 is 0. The summed E-state index contributed by atoms with van der Waals surface area (Å²) in [5, 5.41) is 5.11. The van der Waals surface area contributed by atoms with E-state index in [1.807, 2.05) is 0 Å². The molecule has 0 spiro atoms. The Morgan fingerprint density at radius 3 is 2.19 bits per heavy atom. The minimum atomic E-state index is -0.648.